The van der Waals surface area contributed by atoms with Crippen LogP contribution in [0.4, 0.5) is 0 Å². The molecule has 0 aliphatic rings. The third kappa shape index (κ3) is 1.14. The maximum absolute atomic E-state index is 4.18. The summed E-state index contributed by atoms with van der Waals surface area (Å²) in [4.78, 5) is 7.39. The lowest BCUT2D eigenvalue weighted by Crippen LogP contribution is -1.78. The maximum Gasteiger partial charge on any atom is 0.108 e. The number of hydrogen-bond acceptors (Lipinski definition) is 1. The number of nitrogens with one attached hydrogen (secondary N) is 1. The quantitative estimate of drug-likeness (QED) is 0.742. The molecule has 0 atom stereocenters. The Balaban J connectivity index is 2.73. The molecule has 2 aromatic heterocycles. The van der Waals surface area contributed by atoms with Gasteiger partial charge < -0.3 is 4.98 Å². The van der Waals surface area contributed by atoms with Crippen molar-refractivity contribution in [1.29, 1.82) is 0 Å². The summed E-state index contributed by atoms with van der Waals surface area (Å²) in [5.74, 6) is 0. The standard InChI is InChI=1S/C9H9BrN2/c1-2-6-4-11-8-3-9(10)12-5-7(6)8/h3-5,11H,2H2,1H3. The SMILES string of the molecule is CCc1c[nH]c2cc(Br)ncc12. The van der Waals surface area contributed by atoms with Gasteiger partial charge in [-0.2, -0.15) is 0 Å². The fourth-order valence-corrected chi connectivity index (χ4v) is 1.67. The van der Waals surface area contributed by atoms with Gasteiger partial charge in [0.25, 0.3) is 0 Å². The average molecular weight is 225 g/mol. The zero-order valence-corrected chi connectivity index (χ0v) is 8.35. The number of halogens is 1. The van der Waals surface area contributed by atoms with E-state index >= 15 is 0 Å². The van der Waals surface area contributed by atoms with E-state index in [4.69, 9.17) is 0 Å². The molecule has 0 unspecified atom stereocenters. The minimum atomic E-state index is 0.875. The van der Waals surface area contributed by atoms with Gasteiger partial charge in [0.15, 0.2) is 0 Å². The lowest BCUT2D eigenvalue weighted by atomic mass is 10.2. The highest BCUT2D eigenvalue weighted by Gasteiger charge is 2.01. The van der Waals surface area contributed by atoms with Crippen molar-refractivity contribution in [3.8, 4) is 0 Å². The van der Waals surface area contributed by atoms with Gasteiger partial charge in [-0.15, -0.1) is 0 Å². The number of hydrogen-bond donors (Lipinski definition) is 1. The van der Waals surface area contributed by atoms with E-state index in [0.29, 0.717) is 0 Å². The molecule has 2 rings (SSSR count). The highest BCUT2D eigenvalue weighted by Crippen LogP contribution is 2.20. The summed E-state index contributed by atoms with van der Waals surface area (Å²) in [6, 6.07) is 1.99. The average Bonchev–Trinajstić information content (AvgIpc) is 2.46. The first-order valence-electron chi connectivity index (χ1n) is 3.92. The molecular formula is C9H9BrN2. The fourth-order valence-electron chi connectivity index (χ4n) is 1.34. The first-order valence-corrected chi connectivity index (χ1v) is 4.72. The van der Waals surface area contributed by atoms with E-state index in [9.17, 15) is 0 Å². The molecule has 0 saturated heterocycles. The van der Waals surface area contributed by atoms with Gasteiger partial charge in [-0.3, -0.25) is 0 Å². The molecule has 2 aromatic rings. The minimum absolute atomic E-state index is 0.875. The smallest absolute Gasteiger partial charge is 0.108 e. The van der Waals surface area contributed by atoms with E-state index in [0.717, 1.165) is 16.5 Å². The lowest BCUT2D eigenvalue weighted by Gasteiger charge is -1.92. The maximum atomic E-state index is 4.18. The van der Waals surface area contributed by atoms with Gasteiger partial charge in [-0.1, -0.05) is 6.92 Å². The highest BCUT2D eigenvalue weighted by atomic mass is 79.9. The van der Waals surface area contributed by atoms with Crippen LogP contribution in [-0.2, 0) is 6.42 Å². The molecule has 0 aliphatic heterocycles. The van der Waals surface area contributed by atoms with Crippen LogP contribution in [0.15, 0.2) is 23.1 Å². The van der Waals surface area contributed by atoms with E-state index in [1.807, 2.05) is 18.5 Å². The van der Waals surface area contributed by atoms with Crippen molar-refractivity contribution < 1.29 is 0 Å². The molecule has 0 saturated carbocycles. The first-order chi connectivity index (χ1) is 5.81. The van der Waals surface area contributed by atoms with Gasteiger partial charge in [-0.25, -0.2) is 4.98 Å². The number of aromatic amines is 1. The third-order valence-electron chi connectivity index (χ3n) is 2.00. The Morgan fingerprint density at radius 2 is 2.42 bits per heavy atom. The Kier molecular flexibility index (Phi) is 1.89. The molecule has 1 N–H and O–H groups in total. The molecule has 3 heteroatoms. The second kappa shape index (κ2) is 2.90. The minimum Gasteiger partial charge on any atom is -0.361 e. The first kappa shape index (κ1) is 7.80. The molecule has 0 bridgehead atoms. The highest BCUT2D eigenvalue weighted by molar-refractivity contribution is 9.10. The van der Waals surface area contributed by atoms with E-state index in [-0.39, 0.29) is 0 Å². The van der Waals surface area contributed by atoms with Crippen molar-refractivity contribution in [3.63, 3.8) is 0 Å². The van der Waals surface area contributed by atoms with Crippen molar-refractivity contribution in [2.45, 2.75) is 13.3 Å². The Hall–Kier alpha value is -0.830. The molecule has 62 valence electrons. The fraction of sp³-hybridized carbons (Fsp3) is 0.222. The summed E-state index contributed by atoms with van der Waals surface area (Å²) < 4.78 is 0.875. The Morgan fingerprint density at radius 1 is 1.58 bits per heavy atom. The van der Waals surface area contributed by atoms with Crippen LogP contribution in [-0.4, -0.2) is 9.97 Å². The monoisotopic (exact) mass is 224 g/mol. The van der Waals surface area contributed by atoms with Gasteiger partial charge in [0.2, 0.25) is 0 Å². The van der Waals surface area contributed by atoms with Crippen molar-refractivity contribution >= 4 is 26.8 Å². The molecule has 0 radical (unpaired) electrons. The topological polar surface area (TPSA) is 28.7 Å². The number of aryl methyl sites for hydroxylation is 1. The summed E-state index contributed by atoms with van der Waals surface area (Å²) in [6.07, 6.45) is 4.98. The van der Waals surface area contributed by atoms with E-state index < -0.39 is 0 Å². The molecule has 0 fully saturated rings. The summed E-state index contributed by atoms with van der Waals surface area (Å²) in [5, 5.41) is 1.22. The molecule has 0 aliphatic carbocycles. The number of nitrogens with zero attached hydrogens (tertiary/aromatic N) is 1. The zero-order valence-electron chi connectivity index (χ0n) is 6.76. The van der Waals surface area contributed by atoms with Crippen LogP contribution in [0.25, 0.3) is 10.9 Å². The summed E-state index contributed by atoms with van der Waals surface area (Å²) in [5.41, 5.74) is 2.47. The zero-order chi connectivity index (χ0) is 8.55. The van der Waals surface area contributed by atoms with Crippen LogP contribution in [0.3, 0.4) is 0 Å². The van der Waals surface area contributed by atoms with Gasteiger partial charge in [0, 0.05) is 23.3 Å². The van der Waals surface area contributed by atoms with Crippen LogP contribution in [0.5, 0.6) is 0 Å². The predicted molar refractivity (Wildman–Crippen MR) is 53.2 cm³/mol. The molecule has 2 nitrogen and oxygen atoms in total. The van der Waals surface area contributed by atoms with Gasteiger partial charge >= 0.3 is 0 Å². The second-order valence-electron chi connectivity index (χ2n) is 2.72. The molecule has 0 aromatic carbocycles. The van der Waals surface area contributed by atoms with E-state index in [1.54, 1.807) is 0 Å². The van der Waals surface area contributed by atoms with Crippen LogP contribution in [0.1, 0.15) is 12.5 Å². The summed E-state index contributed by atoms with van der Waals surface area (Å²) in [7, 11) is 0. The predicted octanol–water partition coefficient (Wildman–Crippen LogP) is 2.89. The normalized spacial score (nSPS) is 10.8. The Labute approximate surface area is 79.1 Å². The summed E-state index contributed by atoms with van der Waals surface area (Å²) in [6.45, 7) is 2.14. The Bertz CT molecular complexity index is 406. The number of pyridine rings is 1. The molecule has 12 heavy (non-hydrogen) atoms. The number of H-pyrrole nitrogens is 1. The molecule has 0 spiro atoms. The molecular weight excluding hydrogens is 216 g/mol. The lowest BCUT2D eigenvalue weighted by molar-refractivity contribution is 1.15. The van der Waals surface area contributed by atoms with E-state index in [2.05, 4.69) is 32.8 Å². The van der Waals surface area contributed by atoms with Gasteiger partial charge in [-0.05, 0) is 34.0 Å². The molecule has 0 amide bonds. The second-order valence-corrected chi connectivity index (χ2v) is 3.53. The van der Waals surface area contributed by atoms with Gasteiger partial charge in [0.1, 0.15) is 4.60 Å². The van der Waals surface area contributed by atoms with Crippen LogP contribution in [0.2, 0.25) is 0 Å². The number of rotatable bonds is 1. The largest absolute Gasteiger partial charge is 0.361 e. The number of fused-ring (bicyclic) bond motifs is 1. The van der Waals surface area contributed by atoms with Crippen LogP contribution < -0.4 is 0 Å². The third-order valence-corrected chi connectivity index (χ3v) is 2.43. The van der Waals surface area contributed by atoms with Crippen LogP contribution >= 0.6 is 15.9 Å². The van der Waals surface area contributed by atoms with Crippen molar-refractivity contribution in [2.75, 3.05) is 0 Å². The summed E-state index contributed by atoms with van der Waals surface area (Å²) >= 11 is 3.33. The van der Waals surface area contributed by atoms with Gasteiger partial charge in [0.05, 0.1) is 0 Å². The van der Waals surface area contributed by atoms with Crippen molar-refractivity contribution in [1.82, 2.24) is 9.97 Å². The number of aromatic nitrogens is 2. The molecule has 2 heterocycles. The van der Waals surface area contributed by atoms with Crippen LogP contribution in [0, 0.1) is 0 Å². The van der Waals surface area contributed by atoms with E-state index in [1.165, 1.54) is 10.9 Å². The van der Waals surface area contributed by atoms with Crippen molar-refractivity contribution in [3.05, 3.63) is 28.6 Å². The van der Waals surface area contributed by atoms with Crippen molar-refractivity contribution in [2.24, 2.45) is 0 Å². The Morgan fingerprint density at radius 3 is 3.17 bits per heavy atom.